The number of hydrogen-bond acceptors (Lipinski definition) is 5. The molecule has 224 valence electrons. The minimum absolute atomic E-state index is 0.730. The molecular weight excluding hydrogens is 593 g/mol. The first-order valence-electron chi connectivity index (χ1n) is 15.6. The second-order valence-electron chi connectivity index (χ2n) is 11.2. The summed E-state index contributed by atoms with van der Waals surface area (Å²) in [5.74, 6) is 0.730. The molecule has 0 N–H and O–H groups in total. The van der Waals surface area contributed by atoms with Crippen LogP contribution in [0.4, 0.5) is 34.1 Å². The third kappa shape index (κ3) is 5.88. The molecule has 0 aliphatic heterocycles. The van der Waals surface area contributed by atoms with Gasteiger partial charge < -0.3 is 9.80 Å². The van der Waals surface area contributed by atoms with Crippen LogP contribution in [0.2, 0.25) is 0 Å². The summed E-state index contributed by atoms with van der Waals surface area (Å²) in [6, 6.07) is 63.5. The molecule has 4 nitrogen and oxygen atoms in total. The van der Waals surface area contributed by atoms with Gasteiger partial charge in [-0.3, -0.25) is 0 Å². The van der Waals surface area contributed by atoms with Crippen molar-refractivity contribution in [3.8, 4) is 22.0 Å². The number of para-hydroxylation sites is 3. The highest BCUT2D eigenvalue weighted by Gasteiger charge is 2.16. The average molecular weight is 623 g/mol. The van der Waals surface area contributed by atoms with Gasteiger partial charge in [-0.2, -0.15) is 4.37 Å². The number of nitrogens with zero attached hydrogens (tertiary/aromatic N) is 4. The van der Waals surface area contributed by atoms with Gasteiger partial charge in [0.25, 0.3) is 0 Å². The molecule has 7 aromatic carbocycles. The zero-order valence-electron chi connectivity index (χ0n) is 25.5. The Morgan fingerprint density at radius 1 is 0.362 bits per heavy atom. The maximum Gasteiger partial charge on any atom is 0.173 e. The molecule has 8 rings (SSSR count). The summed E-state index contributed by atoms with van der Waals surface area (Å²) in [6.45, 7) is 0. The molecule has 0 bridgehead atoms. The quantitative estimate of drug-likeness (QED) is 0.169. The van der Waals surface area contributed by atoms with E-state index < -0.39 is 0 Å². The van der Waals surface area contributed by atoms with Crippen molar-refractivity contribution in [3.63, 3.8) is 0 Å². The largest absolute Gasteiger partial charge is 0.311 e. The molecule has 0 amide bonds. The highest BCUT2D eigenvalue weighted by Crippen LogP contribution is 2.38. The van der Waals surface area contributed by atoms with Gasteiger partial charge in [0.1, 0.15) is 5.01 Å². The lowest BCUT2D eigenvalue weighted by molar-refractivity contribution is 1.27. The number of anilines is 6. The molecule has 47 heavy (non-hydrogen) atoms. The molecule has 1 heterocycles. The van der Waals surface area contributed by atoms with Crippen molar-refractivity contribution in [2.24, 2.45) is 0 Å². The Balaban J connectivity index is 1.07. The second-order valence-corrected chi connectivity index (χ2v) is 12.0. The third-order valence-electron chi connectivity index (χ3n) is 8.22. The predicted octanol–water partition coefficient (Wildman–Crippen LogP) is 12.0. The monoisotopic (exact) mass is 622 g/mol. The maximum absolute atomic E-state index is 4.95. The first-order chi connectivity index (χ1) is 23.3. The SMILES string of the molecule is c1ccc(N(c2ccccc2)c2ccc(-c3nsc(-c4ccc(N(c5ccccc5)c5ccc6ccccc6c5)cc4)n3)cc2)cc1. The van der Waals surface area contributed by atoms with Crippen LogP contribution in [0.1, 0.15) is 0 Å². The summed E-state index contributed by atoms with van der Waals surface area (Å²) in [7, 11) is 0. The van der Waals surface area contributed by atoms with Crippen molar-refractivity contribution >= 4 is 56.4 Å². The zero-order chi connectivity index (χ0) is 31.4. The molecule has 0 unspecified atom stereocenters. The van der Waals surface area contributed by atoms with E-state index in [9.17, 15) is 0 Å². The number of hydrogen-bond donors (Lipinski definition) is 0. The van der Waals surface area contributed by atoms with Gasteiger partial charge in [-0.15, -0.1) is 0 Å². The zero-order valence-corrected chi connectivity index (χ0v) is 26.3. The van der Waals surface area contributed by atoms with E-state index >= 15 is 0 Å². The Hall–Kier alpha value is -6.04. The van der Waals surface area contributed by atoms with E-state index in [1.165, 1.54) is 22.3 Å². The number of fused-ring (bicyclic) bond motifs is 1. The fourth-order valence-corrected chi connectivity index (χ4v) is 6.60. The highest BCUT2D eigenvalue weighted by molar-refractivity contribution is 7.09. The Labute approximate surface area is 278 Å². The van der Waals surface area contributed by atoms with Crippen molar-refractivity contribution in [2.75, 3.05) is 9.80 Å². The second kappa shape index (κ2) is 12.8. The molecule has 0 aliphatic carbocycles. The van der Waals surface area contributed by atoms with E-state index in [0.717, 1.165) is 56.1 Å². The van der Waals surface area contributed by atoms with Crippen LogP contribution in [0.5, 0.6) is 0 Å². The van der Waals surface area contributed by atoms with E-state index in [1.54, 1.807) is 0 Å². The van der Waals surface area contributed by atoms with Gasteiger partial charge in [-0.25, -0.2) is 4.98 Å². The van der Waals surface area contributed by atoms with Crippen molar-refractivity contribution in [3.05, 3.63) is 182 Å². The standard InChI is InChI=1S/C42H30N4S/c1-4-14-35(15-5-1)45(36-16-6-2-7-17-36)38-25-21-32(22-26-38)41-43-42(47-44-41)33-23-27-39(28-24-33)46(37-18-8-3-9-19-37)40-29-20-31-12-10-11-13-34(31)30-40/h1-30H. The smallest absolute Gasteiger partial charge is 0.173 e. The van der Waals surface area contributed by atoms with Crippen LogP contribution in [0, 0.1) is 0 Å². The lowest BCUT2D eigenvalue weighted by atomic mass is 10.1. The Morgan fingerprint density at radius 2 is 0.787 bits per heavy atom. The van der Waals surface area contributed by atoms with Crippen molar-refractivity contribution in [1.82, 2.24) is 9.36 Å². The highest BCUT2D eigenvalue weighted by atomic mass is 32.1. The fourth-order valence-electron chi connectivity index (χ4n) is 5.91. The summed E-state index contributed by atoms with van der Waals surface area (Å²) in [5.41, 5.74) is 8.62. The van der Waals surface area contributed by atoms with Crippen LogP contribution in [-0.2, 0) is 0 Å². The van der Waals surface area contributed by atoms with Crippen molar-refractivity contribution < 1.29 is 0 Å². The van der Waals surface area contributed by atoms with E-state index in [0.29, 0.717) is 0 Å². The van der Waals surface area contributed by atoms with Crippen LogP contribution in [0.3, 0.4) is 0 Å². The van der Waals surface area contributed by atoms with Crippen molar-refractivity contribution in [1.29, 1.82) is 0 Å². The first-order valence-corrected chi connectivity index (χ1v) is 16.4. The lowest BCUT2D eigenvalue weighted by Crippen LogP contribution is -2.09. The van der Waals surface area contributed by atoms with Gasteiger partial charge in [0.05, 0.1) is 0 Å². The number of benzene rings is 7. The minimum Gasteiger partial charge on any atom is -0.311 e. The molecule has 8 aromatic rings. The molecule has 5 heteroatoms. The molecule has 0 spiro atoms. The first kappa shape index (κ1) is 28.4. The van der Waals surface area contributed by atoms with Gasteiger partial charge >= 0.3 is 0 Å². The summed E-state index contributed by atoms with van der Waals surface area (Å²) < 4.78 is 4.74. The van der Waals surface area contributed by atoms with Crippen LogP contribution >= 0.6 is 11.5 Å². The Kier molecular flexibility index (Phi) is 7.72. The Bertz CT molecular complexity index is 2190. The summed E-state index contributed by atoms with van der Waals surface area (Å²) in [6.07, 6.45) is 0. The Morgan fingerprint density at radius 3 is 1.34 bits per heavy atom. The predicted molar refractivity (Wildman–Crippen MR) is 198 cm³/mol. The number of rotatable bonds is 8. The van der Waals surface area contributed by atoms with Crippen LogP contribution < -0.4 is 9.80 Å². The van der Waals surface area contributed by atoms with E-state index in [4.69, 9.17) is 9.36 Å². The fraction of sp³-hybridized carbons (Fsp3) is 0. The number of aromatic nitrogens is 2. The molecule has 0 atom stereocenters. The summed E-state index contributed by atoms with van der Waals surface area (Å²) in [4.78, 5) is 9.49. The van der Waals surface area contributed by atoms with E-state index in [1.807, 2.05) is 18.2 Å². The molecule has 0 saturated carbocycles. The van der Waals surface area contributed by atoms with Gasteiger partial charge in [0.15, 0.2) is 5.82 Å². The molecule has 0 aliphatic rings. The third-order valence-corrected chi connectivity index (χ3v) is 8.98. The van der Waals surface area contributed by atoms with E-state index in [2.05, 4.69) is 174 Å². The normalized spacial score (nSPS) is 11.0. The topological polar surface area (TPSA) is 32.3 Å². The molecule has 0 fully saturated rings. The van der Waals surface area contributed by atoms with Crippen LogP contribution in [-0.4, -0.2) is 9.36 Å². The van der Waals surface area contributed by atoms with Crippen LogP contribution in [0.15, 0.2) is 182 Å². The van der Waals surface area contributed by atoms with Gasteiger partial charge in [-0.1, -0.05) is 84.9 Å². The summed E-state index contributed by atoms with van der Waals surface area (Å²) >= 11 is 1.43. The molecular formula is C42H30N4S. The molecule has 1 aromatic heterocycles. The molecule has 0 saturated heterocycles. The maximum atomic E-state index is 4.95. The van der Waals surface area contributed by atoms with Crippen LogP contribution in [0.25, 0.3) is 32.7 Å². The molecule has 0 radical (unpaired) electrons. The van der Waals surface area contributed by atoms with Gasteiger partial charge in [-0.05, 0) is 119 Å². The lowest BCUT2D eigenvalue weighted by Gasteiger charge is -2.26. The van der Waals surface area contributed by atoms with E-state index in [-0.39, 0.29) is 0 Å². The van der Waals surface area contributed by atoms with Gasteiger partial charge in [0, 0.05) is 45.3 Å². The average Bonchev–Trinajstić information content (AvgIpc) is 3.64. The minimum atomic E-state index is 0.730. The van der Waals surface area contributed by atoms with Gasteiger partial charge in [0.2, 0.25) is 0 Å². The van der Waals surface area contributed by atoms with Crippen molar-refractivity contribution in [2.45, 2.75) is 0 Å². The summed E-state index contributed by atoms with van der Waals surface area (Å²) in [5, 5.41) is 3.33.